The summed E-state index contributed by atoms with van der Waals surface area (Å²) in [5, 5.41) is 9.13. The average Bonchev–Trinajstić information content (AvgIpc) is 2.41. The maximum Gasteiger partial charge on any atom is 0.106 e. The Morgan fingerprint density at radius 3 is 2.33 bits per heavy atom. The van der Waals surface area contributed by atoms with E-state index in [9.17, 15) is 0 Å². The number of thiazole rings is 1. The van der Waals surface area contributed by atoms with Gasteiger partial charge in [0, 0.05) is 0 Å². The van der Waals surface area contributed by atoms with Gasteiger partial charge in [-0.15, -0.1) is 11.3 Å². The summed E-state index contributed by atoms with van der Waals surface area (Å²) >= 11 is 1.68. The number of nitrogens with zero attached hydrogens (tertiary/aromatic N) is 3. The highest BCUT2D eigenvalue weighted by Crippen LogP contribution is 2.24. The fourth-order valence-corrected chi connectivity index (χ4v) is 2.07. The van der Waals surface area contributed by atoms with Crippen molar-refractivity contribution in [2.75, 3.05) is 0 Å². The van der Waals surface area contributed by atoms with Gasteiger partial charge in [0.1, 0.15) is 5.52 Å². The zero-order valence-electron chi connectivity index (χ0n) is 7.25. The van der Waals surface area contributed by atoms with Crippen LogP contribution in [0.15, 0.2) is 0 Å². The van der Waals surface area contributed by atoms with Crippen LogP contribution in [0.2, 0.25) is 0 Å². The van der Waals surface area contributed by atoms with Crippen molar-refractivity contribution in [1.29, 1.82) is 0 Å². The van der Waals surface area contributed by atoms with Crippen LogP contribution >= 0.6 is 11.3 Å². The van der Waals surface area contributed by atoms with Gasteiger partial charge < -0.3 is 0 Å². The molecule has 0 aliphatic rings. The van der Waals surface area contributed by atoms with E-state index in [1.54, 1.807) is 11.3 Å². The lowest BCUT2D eigenvalue weighted by atomic mass is 10.3. The van der Waals surface area contributed by atoms with Crippen LogP contribution in [-0.2, 0) is 0 Å². The van der Waals surface area contributed by atoms with Crippen molar-refractivity contribution >= 4 is 21.6 Å². The molecule has 0 amide bonds. The van der Waals surface area contributed by atoms with Gasteiger partial charge >= 0.3 is 0 Å². The molecule has 0 aliphatic heterocycles. The van der Waals surface area contributed by atoms with Crippen molar-refractivity contribution in [3.05, 3.63) is 16.4 Å². The topological polar surface area (TPSA) is 38.7 Å². The molecule has 0 saturated heterocycles. The van der Waals surface area contributed by atoms with E-state index >= 15 is 0 Å². The number of aromatic nitrogens is 3. The van der Waals surface area contributed by atoms with Crippen LogP contribution < -0.4 is 0 Å². The van der Waals surface area contributed by atoms with Crippen LogP contribution in [0.5, 0.6) is 0 Å². The first-order chi connectivity index (χ1) is 5.68. The van der Waals surface area contributed by atoms with Crippen LogP contribution in [-0.4, -0.2) is 15.2 Å². The maximum atomic E-state index is 4.39. The number of fused-ring (bicyclic) bond motifs is 1. The minimum atomic E-state index is 0.917. The Labute approximate surface area is 74.5 Å². The molecule has 0 atom stereocenters. The van der Waals surface area contributed by atoms with Gasteiger partial charge in [-0.25, -0.2) is 4.98 Å². The zero-order chi connectivity index (χ0) is 8.72. The molecule has 12 heavy (non-hydrogen) atoms. The molecule has 3 nitrogen and oxygen atoms in total. The summed E-state index contributed by atoms with van der Waals surface area (Å²) in [6.07, 6.45) is 0. The summed E-state index contributed by atoms with van der Waals surface area (Å²) in [5.74, 6) is 0. The van der Waals surface area contributed by atoms with Gasteiger partial charge in [-0.1, -0.05) is 0 Å². The van der Waals surface area contributed by atoms with E-state index in [0.717, 1.165) is 21.9 Å². The predicted octanol–water partition coefficient (Wildman–Crippen LogP) is 2.01. The summed E-state index contributed by atoms with van der Waals surface area (Å²) in [6, 6.07) is 0. The van der Waals surface area contributed by atoms with E-state index in [0.29, 0.717) is 0 Å². The Morgan fingerprint density at radius 2 is 1.67 bits per heavy atom. The Bertz CT molecular complexity index is 394. The molecule has 0 unspecified atom stereocenters. The second-order valence-corrected chi connectivity index (χ2v) is 3.98. The lowest BCUT2D eigenvalue weighted by molar-refractivity contribution is 0.962. The number of hydrogen-bond acceptors (Lipinski definition) is 4. The molecule has 0 spiro atoms. The quantitative estimate of drug-likeness (QED) is 0.621. The minimum absolute atomic E-state index is 0.917. The van der Waals surface area contributed by atoms with Gasteiger partial charge in [0.15, 0.2) is 0 Å². The molecule has 2 aromatic rings. The van der Waals surface area contributed by atoms with Crippen LogP contribution in [0.1, 0.15) is 16.4 Å². The van der Waals surface area contributed by atoms with E-state index in [2.05, 4.69) is 15.2 Å². The van der Waals surface area contributed by atoms with Gasteiger partial charge in [0.2, 0.25) is 0 Å². The second-order valence-electron chi connectivity index (χ2n) is 2.78. The maximum absolute atomic E-state index is 4.39. The Balaban J connectivity index is 2.93. The monoisotopic (exact) mass is 179 g/mol. The first kappa shape index (κ1) is 7.61. The predicted molar refractivity (Wildman–Crippen MR) is 49.4 cm³/mol. The average molecular weight is 179 g/mol. The van der Waals surface area contributed by atoms with Gasteiger partial charge in [-0.3, -0.25) is 0 Å². The third-order valence-electron chi connectivity index (χ3n) is 1.76. The third kappa shape index (κ3) is 0.992. The fraction of sp³-hybridized carbons (Fsp3) is 0.375. The summed E-state index contributed by atoms with van der Waals surface area (Å²) in [4.78, 5) is 4.39. The lowest BCUT2D eigenvalue weighted by Crippen LogP contribution is -1.90. The van der Waals surface area contributed by atoms with E-state index in [1.165, 1.54) is 4.70 Å². The van der Waals surface area contributed by atoms with E-state index in [-0.39, 0.29) is 0 Å². The largest absolute Gasteiger partial charge is 0.239 e. The molecule has 0 aliphatic carbocycles. The molecule has 2 rings (SSSR count). The van der Waals surface area contributed by atoms with Crippen molar-refractivity contribution in [3.8, 4) is 0 Å². The molecule has 2 heterocycles. The zero-order valence-corrected chi connectivity index (χ0v) is 8.07. The molecule has 0 fully saturated rings. The molecule has 0 aromatic carbocycles. The molecule has 2 aromatic heterocycles. The molecular weight excluding hydrogens is 170 g/mol. The van der Waals surface area contributed by atoms with Crippen LogP contribution in [0, 0.1) is 20.8 Å². The van der Waals surface area contributed by atoms with E-state index < -0.39 is 0 Å². The van der Waals surface area contributed by atoms with Crippen LogP contribution in [0.25, 0.3) is 10.2 Å². The molecule has 62 valence electrons. The van der Waals surface area contributed by atoms with Crippen molar-refractivity contribution in [2.45, 2.75) is 20.8 Å². The van der Waals surface area contributed by atoms with Crippen molar-refractivity contribution in [2.24, 2.45) is 0 Å². The highest BCUT2D eigenvalue weighted by atomic mass is 32.1. The van der Waals surface area contributed by atoms with Crippen molar-refractivity contribution in [1.82, 2.24) is 15.2 Å². The smallest absolute Gasteiger partial charge is 0.106 e. The number of rotatable bonds is 0. The van der Waals surface area contributed by atoms with Gasteiger partial charge in [0.25, 0.3) is 0 Å². The van der Waals surface area contributed by atoms with Gasteiger partial charge in [-0.2, -0.15) is 10.2 Å². The number of hydrogen-bond donors (Lipinski definition) is 0. The molecule has 0 bridgehead atoms. The summed E-state index contributed by atoms with van der Waals surface area (Å²) < 4.78 is 1.17. The highest BCUT2D eigenvalue weighted by molar-refractivity contribution is 7.18. The van der Waals surface area contributed by atoms with Crippen LogP contribution in [0.4, 0.5) is 0 Å². The van der Waals surface area contributed by atoms with Crippen molar-refractivity contribution in [3.63, 3.8) is 0 Å². The second kappa shape index (κ2) is 2.48. The first-order valence-corrected chi connectivity index (χ1v) is 4.57. The Kier molecular flexibility index (Phi) is 1.58. The fourth-order valence-electron chi connectivity index (χ4n) is 1.16. The lowest BCUT2D eigenvalue weighted by Gasteiger charge is -1.93. The van der Waals surface area contributed by atoms with E-state index in [1.807, 2.05) is 20.8 Å². The molecule has 4 heteroatoms. The highest BCUT2D eigenvalue weighted by Gasteiger charge is 2.07. The summed E-state index contributed by atoms with van der Waals surface area (Å²) in [6.45, 7) is 5.91. The Morgan fingerprint density at radius 1 is 1.00 bits per heavy atom. The first-order valence-electron chi connectivity index (χ1n) is 3.75. The normalized spacial score (nSPS) is 10.9. The summed E-state index contributed by atoms with van der Waals surface area (Å²) in [7, 11) is 0. The third-order valence-corrected chi connectivity index (χ3v) is 2.83. The molecule has 0 saturated carbocycles. The van der Waals surface area contributed by atoms with Crippen molar-refractivity contribution < 1.29 is 0 Å². The van der Waals surface area contributed by atoms with Gasteiger partial charge in [-0.05, 0) is 20.8 Å². The SMILES string of the molecule is Cc1nc2c(C)nnc(C)c2s1. The van der Waals surface area contributed by atoms with Crippen LogP contribution in [0.3, 0.4) is 0 Å². The van der Waals surface area contributed by atoms with Gasteiger partial charge in [0.05, 0.1) is 21.1 Å². The summed E-state index contributed by atoms with van der Waals surface area (Å²) in [5.41, 5.74) is 2.89. The molecule has 0 N–H and O–H groups in total. The number of aryl methyl sites for hydroxylation is 3. The standard InChI is InChI=1S/C8H9N3S/c1-4-7-8(5(2)11-10-4)12-6(3)9-7/h1-3H3. The Hall–Kier alpha value is -1.03. The van der Waals surface area contributed by atoms with E-state index in [4.69, 9.17) is 0 Å². The molecule has 0 radical (unpaired) electrons. The minimum Gasteiger partial charge on any atom is -0.239 e. The molecular formula is C8H9N3S.